The van der Waals surface area contributed by atoms with Crippen molar-refractivity contribution in [3.05, 3.63) is 27.8 Å². The van der Waals surface area contributed by atoms with E-state index in [1.807, 2.05) is 6.92 Å². The van der Waals surface area contributed by atoms with E-state index in [9.17, 15) is 14.9 Å². The second-order valence-electron chi connectivity index (χ2n) is 5.02. The Morgan fingerprint density at radius 2 is 2.23 bits per heavy atom. The summed E-state index contributed by atoms with van der Waals surface area (Å²) in [5, 5.41) is 11.3. The summed E-state index contributed by atoms with van der Waals surface area (Å²) in [6.45, 7) is 2.55. The van der Waals surface area contributed by atoms with Crippen LogP contribution in [0, 0.1) is 10.1 Å². The second kappa shape index (κ2) is 6.95. The zero-order valence-electron chi connectivity index (χ0n) is 12.4. The summed E-state index contributed by atoms with van der Waals surface area (Å²) in [6.07, 6.45) is 1.81. The van der Waals surface area contributed by atoms with E-state index in [-0.39, 0.29) is 34.5 Å². The summed E-state index contributed by atoms with van der Waals surface area (Å²) >= 11 is 3.10. The fourth-order valence-electron chi connectivity index (χ4n) is 2.59. The van der Waals surface area contributed by atoms with Gasteiger partial charge in [0.2, 0.25) is 0 Å². The third-order valence-electron chi connectivity index (χ3n) is 3.73. The smallest absolute Gasteiger partial charge is 0.286 e. The van der Waals surface area contributed by atoms with Crippen molar-refractivity contribution in [2.75, 3.05) is 19.2 Å². The number of hydrogen-bond donors (Lipinski definition) is 0. The maximum absolute atomic E-state index is 12.6. The van der Waals surface area contributed by atoms with Crippen molar-refractivity contribution in [3.8, 4) is 11.5 Å². The number of nitro benzene ring substituents is 1. The first-order chi connectivity index (χ1) is 10.5. The van der Waals surface area contributed by atoms with Gasteiger partial charge >= 0.3 is 0 Å². The number of rotatable bonds is 5. The molecule has 2 rings (SSSR count). The topological polar surface area (TPSA) is 81.9 Å². The lowest BCUT2D eigenvalue weighted by molar-refractivity contribution is -0.385. The molecule has 0 radical (unpaired) electrons. The molecular formula is C14H17BrN2O5. The number of carbonyl (C=O) groups is 1. The van der Waals surface area contributed by atoms with E-state index in [1.165, 1.54) is 19.2 Å². The Bertz CT molecular complexity index is 593. The molecule has 0 aromatic heterocycles. The fraction of sp³-hybridized carbons (Fsp3) is 0.500. The van der Waals surface area contributed by atoms with Crippen molar-refractivity contribution in [2.24, 2.45) is 0 Å². The summed E-state index contributed by atoms with van der Waals surface area (Å²) in [6, 6.07) is 2.69. The lowest BCUT2D eigenvalue weighted by atomic mass is 10.1. The number of alkyl halides is 1. The molecule has 1 aromatic carbocycles. The number of nitro groups is 1. The quantitative estimate of drug-likeness (QED) is 0.450. The first-order valence-electron chi connectivity index (χ1n) is 6.85. The number of ether oxygens (including phenoxy) is 2. The SMILES string of the molecule is COc1cc(C(=O)N2CCC[C@H]2C)c([N+](=O)[O-])cc1OCBr. The third kappa shape index (κ3) is 3.16. The fourth-order valence-corrected chi connectivity index (χ4v) is 2.84. The highest BCUT2D eigenvalue weighted by Crippen LogP contribution is 2.36. The van der Waals surface area contributed by atoms with Crippen molar-refractivity contribution >= 4 is 27.5 Å². The van der Waals surface area contributed by atoms with Crippen molar-refractivity contribution in [3.63, 3.8) is 0 Å². The minimum absolute atomic E-state index is 0.0255. The van der Waals surface area contributed by atoms with Gasteiger partial charge in [-0.3, -0.25) is 14.9 Å². The van der Waals surface area contributed by atoms with Crippen LogP contribution in [0.25, 0.3) is 0 Å². The zero-order chi connectivity index (χ0) is 16.3. The maximum Gasteiger partial charge on any atom is 0.286 e. The summed E-state index contributed by atoms with van der Waals surface area (Å²) in [7, 11) is 1.43. The predicted molar refractivity (Wildman–Crippen MR) is 83.8 cm³/mol. The van der Waals surface area contributed by atoms with E-state index >= 15 is 0 Å². The second-order valence-corrected chi connectivity index (χ2v) is 5.48. The van der Waals surface area contributed by atoms with Gasteiger partial charge in [0.05, 0.1) is 18.1 Å². The van der Waals surface area contributed by atoms with E-state index in [0.29, 0.717) is 12.3 Å². The monoisotopic (exact) mass is 372 g/mol. The van der Waals surface area contributed by atoms with E-state index in [4.69, 9.17) is 9.47 Å². The normalized spacial score (nSPS) is 17.4. The van der Waals surface area contributed by atoms with E-state index in [1.54, 1.807) is 4.90 Å². The van der Waals surface area contributed by atoms with Gasteiger partial charge in [-0.25, -0.2) is 0 Å². The summed E-state index contributed by atoms with van der Waals surface area (Å²) < 4.78 is 10.4. The van der Waals surface area contributed by atoms with Crippen LogP contribution in [0.2, 0.25) is 0 Å². The van der Waals surface area contributed by atoms with Crippen LogP contribution in [0.3, 0.4) is 0 Å². The van der Waals surface area contributed by atoms with Gasteiger partial charge in [0.25, 0.3) is 11.6 Å². The van der Waals surface area contributed by atoms with Gasteiger partial charge in [0, 0.05) is 18.7 Å². The summed E-state index contributed by atoms with van der Waals surface area (Å²) in [5.41, 5.74) is -0.0878. The molecule has 1 aliphatic rings. The minimum atomic E-state index is -0.575. The Morgan fingerprint density at radius 3 is 2.73 bits per heavy atom. The molecule has 1 aromatic rings. The highest BCUT2D eigenvalue weighted by molar-refractivity contribution is 9.09. The van der Waals surface area contributed by atoms with Crippen LogP contribution in [-0.4, -0.2) is 40.9 Å². The molecule has 1 saturated heterocycles. The van der Waals surface area contributed by atoms with Crippen LogP contribution in [0.1, 0.15) is 30.1 Å². The largest absolute Gasteiger partial charge is 0.493 e. The van der Waals surface area contributed by atoms with E-state index in [2.05, 4.69) is 15.9 Å². The van der Waals surface area contributed by atoms with Gasteiger partial charge in [-0.15, -0.1) is 0 Å². The predicted octanol–water partition coefficient (Wildman–Crippen LogP) is 2.96. The molecule has 22 heavy (non-hydrogen) atoms. The first-order valence-corrected chi connectivity index (χ1v) is 7.98. The molecule has 1 heterocycles. The van der Waals surface area contributed by atoms with Crippen molar-refractivity contribution in [1.29, 1.82) is 0 Å². The number of halogens is 1. The van der Waals surface area contributed by atoms with E-state index < -0.39 is 4.92 Å². The Balaban J connectivity index is 2.48. The standard InChI is InChI=1S/C14H17BrN2O5/c1-9-4-3-5-16(9)14(18)10-6-12(21-2)13(22-8-15)7-11(10)17(19)20/h6-7,9H,3-5,8H2,1-2H3/t9-/m1/s1. The van der Waals surface area contributed by atoms with Crippen LogP contribution in [0.15, 0.2) is 12.1 Å². The number of hydrogen-bond acceptors (Lipinski definition) is 5. The number of methoxy groups -OCH3 is 1. The van der Waals surface area contributed by atoms with Crippen LogP contribution < -0.4 is 9.47 Å². The Morgan fingerprint density at radius 1 is 1.50 bits per heavy atom. The molecule has 0 N–H and O–H groups in total. The number of nitrogens with zero attached hydrogens (tertiary/aromatic N) is 2. The molecule has 120 valence electrons. The third-order valence-corrected chi connectivity index (χ3v) is 3.96. The molecule has 0 aliphatic carbocycles. The summed E-state index contributed by atoms with van der Waals surface area (Å²) in [4.78, 5) is 25.0. The lowest BCUT2D eigenvalue weighted by Gasteiger charge is -2.22. The van der Waals surface area contributed by atoms with Gasteiger partial charge in [-0.1, -0.05) is 0 Å². The molecule has 1 atom stereocenters. The molecule has 1 fully saturated rings. The molecule has 8 heteroatoms. The molecule has 0 saturated carbocycles. The molecule has 1 amide bonds. The van der Waals surface area contributed by atoms with Gasteiger partial charge in [-0.2, -0.15) is 0 Å². The van der Waals surface area contributed by atoms with Crippen molar-refractivity contribution < 1.29 is 19.2 Å². The minimum Gasteiger partial charge on any atom is -0.493 e. The molecule has 1 aliphatic heterocycles. The average Bonchev–Trinajstić information content (AvgIpc) is 2.92. The average molecular weight is 373 g/mol. The zero-order valence-corrected chi connectivity index (χ0v) is 14.0. The van der Waals surface area contributed by atoms with Crippen LogP contribution in [0.5, 0.6) is 11.5 Å². The van der Waals surface area contributed by atoms with Crippen LogP contribution in [0.4, 0.5) is 5.69 Å². The molecule has 0 bridgehead atoms. The highest BCUT2D eigenvalue weighted by atomic mass is 79.9. The van der Waals surface area contributed by atoms with Gasteiger partial charge < -0.3 is 14.4 Å². The Hall–Kier alpha value is -1.83. The maximum atomic E-state index is 12.6. The lowest BCUT2D eigenvalue weighted by Crippen LogP contribution is -2.34. The Kier molecular flexibility index (Phi) is 5.23. The molecule has 7 nitrogen and oxygen atoms in total. The molecule has 0 unspecified atom stereocenters. The number of amides is 1. The van der Waals surface area contributed by atoms with Crippen LogP contribution in [-0.2, 0) is 0 Å². The number of benzene rings is 1. The van der Waals surface area contributed by atoms with Gasteiger partial charge in [0.1, 0.15) is 11.1 Å². The highest BCUT2D eigenvalue weighted by Gasteiger charge is 2.32. The Labute approximate surface area is 136 Å². The molecule has 0 spiro atoms. The first kappa shape index (κ1) is 16.5. The van der Waals surface area contributed by atoms with Crippen LogP contribution >= 0.6 is 15.9 Å². The van der Waals surface area contributed by atoms with Gasteiger partial charge in [0.15, 0.2) is 11.5 Å². The van der Waals surface area contributed by atoms with Gasteiger partial charge in [-0.05, 0) is 35.7 Å². The van der Waals surface area contributed by atoms with Crippen molar-refractivity contribution in [1.82, 2.24) is 4.90 Å². The van der Waals surface area contributed by atoms with E-state index in [0.717, 1.165) is 12.8 Å². The molecular weight excluding hydrogens is 356 g/mol. The van der Waals surface area contributed by atoms with Crippen molar-refractivity contribution in [2.45, 2.75) is 25.8 Å². The summed E-state index contributed by atoms with van der Waals surface area (Å²) in [5.74, 6) is 0.165. The number of carbonyl (C=O) groups excluding carboxylic acids is 1. The number of likely N-dealkylation sites (tertiary alicyclic amines) is 1.